The van der Waals surface area contributed by atoms with Crippen LogP contribution in [0.2, 0.25) is 0 Å². The molecule has 0 aromatic carbocycles. The van der Waals surface area contributed by atoms with Gasteiger partial charge in [-0.2, -0.15) is 0 Å². The molecule has 0 radical (unpaired) electrons. The van der Waals surface area contributed by atoms with E-state index in [9.17, 15) is 0 Å². The Hall–Kier alpha value is -0.120. The molecule has 1 unspecified atom stereocenters. The molecule has 3 heteroatoms. The molecule has 1 heterocycles. The molecule has 1 saturated carbocycles. The SMILES string of the molecule is CCCC(C)OC1CCN(CCCC[C@H]2CC[C@H](OC)CC2)CC1. The zero-order valence-electron chi connectivity index (χ0n) is 16.5. The Kier molecular flexibility index (Phi) is 9.67. The quantitative estimate of drug-likeness (QED) is 0.521. The number of piperidine rings is 1. The number of ether oxygens (including phenoxy) is 2. The van der Waals surface area contributed by atoms with Gasteiger partial charge in [0.15, 0.2) is 0 Å². The molecule has 0 aromatic heterocycles. The highest BCUT2D eigenvalue weighted by Crippen LogP contribution is 2.29. The van der Waals surface area contributed by atoms with Gasteiger partial charge in [-0.3, -0.25) is 0 Å². The van der Waals surface area contributed by atoms with Crippen LogP contribution in [0, 0.1) is 5.92 Å². The molecule has 0 aromatic rings. The van der Waals surface area contributed by atoms with Crippen LogP contribution in [0.25, 0.3) is 0 Å². The topological polar surface area (TPSA) is 21.7 Å². The molecule has 0 spiro atoms. The molecular weight excluding hydrogens is 298 g/mol. The fourth-order valence-electron chi connectivity index (χ4n) is 4.50. The van der Waals surface area contributed by atoms with E-state index in [1.54, 1.807) is 0 Å². The standard InChI is InChI=1S/C21H41NO2/c1-4-7-18(2)24-21-13-16-22(17-14-21)15-6-5-8-19-9-11-20(23-3)12-10-19/h18-21H,4-17H2,1-3H3/t18?,19-,20-. The van der Waals surface area contributed by atoms with Crippen molar-refractivity contribution in [3.05, 3.63) is 0 Å². The third-order valence-electron chi connectivity index (χ3n) is 6.12. The molecule has 1 saturated heterocycles. The largest absolute Gasteiger partial charge is 0.381 e. The molecule has 1 atom stereocenters. The summed E-state index contributed by atoms with van der Waals surface area (Å²) in [7, 11) is 1.86. The van der Waals surface area contributed by atoms with Gasteiger partial charge in [0.05, 0.1) is 18.3 Å². The van der Waals surface area contributed by atoms with Gasteiger partial charge in [0.2, 0.25) is 0 Å². The van der Waals surface area contributed by atoms with E-state index in [2.05, 4.69) is 18.7 Å². The van der Waals surface area contributed by atoms with Gasteiger partial charge in [-0.1, -0.05) is 26.2 Å². The van der Waals surface area contributed by atoms with Crippen LogP contribution in [0.4, 0.5) is 0 Å². The van der Waals surface area contributed by atoms with Gasteiger partial charge in [-0.05, 0) is 70.8 Å². The van der Waals surface area contributed by atoms with E-state index in [4.69, 9.17) is 9.47 Å². The second-order valence-corrected chi connectivity index (χ2v) is 8.15. The molecule has 0 bridgehead atoms. The van der Waals surface area contributed by atoms with Crippen LogP contribution in [-0.4, -0.2) is 50.0 Å². The minimum atomic E-state index is 0.444. The normalized spacial score (nSPS) is 28.1. The Labute approximate surface area is 150 Å². The van der Waals surface area contributed by atoms with Gasteiger partial charge in [0, 0.05) is 20.2 Å². The van der Waals surface area contributed by atoms with Crippen LogP contribution in [-0.2, 0) is 9.47 Å². The first-order valence-electron chi connectivity index (χ1n) is 10.6. The number of hydrogen-bond acceptors (Lipinski definition) is 3. The van der Waals surface area contributed by atoms with Crippen LogP contribution in [0.1, 0.15) is 84.5 Å². The lowest BCUT2D eigenvalue weighted by molar-refractivity contribution is -0.0377. The predicted octanol–water partition coefficient (Wildman–Crippen LogP) is 5.03. The van der Waals surface area contributed by atoms with Crippen molar-refractivity contribution >= 4 is 0 Å². The summed E-state index contributed by atoms with van der Waals surface area (Å²) in [5.41, 5.74) is 0. The second kappa shape index (κ2) is 11.5. The number of rotatable bonds is 10. The van der Waals surface area contributed by atoms with Crippen LogP contribution in [0.3, 0.4) is 0 Å². The maximum absolute atomic E-state index is 6.17. The van der Waals surface area contributed by atoms with Gasteiger partial charge < -0.3 is 14.4 Å². The van der Waals surface area contributed by atoms with E-state index in [1.807, 2.05) is 7.11 Å². The number of hydrogen-bond donors (Lipinski definition) is 0. The molecule has 1 aliphatic carbocycles. The number of nitrogens with zero attached hydrogens (tertiary/aromatic N) is 1. The number of methoxy groups -OCH3 is 1. The summed E-state index contributed by atoms with van der Waals surface area (Å²) in [6.07, 6.45) is 16.0. The highest BCUT2D eigenvalue weighted by Gasteiger charge is 2.22. The number of unbranched alkanes of at least 4 members (excludes halogenated alkanes) is 1. The Morgan fingerprint density at radius 2 is 1.67 bits per heavy atom. The van der Waals surface area contributed by atoms with Crippen molar-refractivity contribution in [3.63, 3.8) is 0 Å². The van der Waals surface area contributed by atoms with Crippen LogP contribution in [0.5, 0.6) is 0 Å². The highest BCUT2D eigenvalue weighted by atomic mass is 16.5. The van der Waals surface area contributed by atoms with Crippen LogP contribution in [0.15, 0.2) is 0 Å². The molecular formula is C21H41NO2. The van der Waals surface area contributed by atoms with Crippen LogP contribution < -0.4 is 0 Å². The van der Waals surface area contributed by atoms with Crippen molar-refractivity contribution in [2.75, 3.05) is 26.7 Å². The third kappa shape index (κ3) is 7.41. The van der Waals surface area contributed by atoms with Crippen molar-refractivity contribution in [2.24, 2.45) is 5.92 Å². The minimum Gasteiger partial charge on any atom is -0.381 e. The fraction of sp³-hybridized carbons (Fsp3) is 1.00. The first-order valence-corrected chi connectivity index (χ1v) is 10.6. The molecule has 24 heavy (non-hydrogen) atoms. The summed E-state index contributed by atoms with van der Waals surface area (Å²) in [5, 5.41) is 0. The lowest BCUT2D eigenvalue weighted by atomic mass is 9.84. The van der Waals surface area contributed by atoms with E-state index in [0.29, 0.717) is 18.3 Å². The van der Waals surface area contributed by atoms with Crippen molar-refractivity contribution in [2.45, 2.75) is 103 Å². The molecule has 2 aliphatic rings. The van der Waals surface area contributed by atoms with Gasteiger partial charge in [-0.25, -0.2) is 0 Å². The summed E-state index contributed by atoms with van der Waals surface area (Å²) in [5.74, 6) is 0.968. The zero-order chi connectivity index (χ0) is 17.2. The van der Waals surface area contributed by atoms with E-state index in [0.717, 1.165) is 5.92 Å². The fourth-order valence-corrected chi connectivity index (χ4v) is 4.50. The lowest BCUT2D eigenvalue weighted by Crippen LogP contribution is -2.38. The number of likely N-dealkylation sites (tertiary alicyclic amines) is 1. The van der Waals surface area contributed by atoms with E-state index in [-0.39, 0.29) is 0 Å². The molecule has 0 amide bonds. The van der Waals surface area contributed by atoms with Gasteiger partial charge >= 0.3 is 0 Å². The minimum absolute atomic E-state index is 0.444. The van der Waals surface area contributed by atoms with Crippen molar-refractivity contribution < 1.29 is 9.47 Å². The smallest absolute Gasteiger partial charge is 0.0603 e. The van der Waals surface area contributed by atoms with Gasteiger partial charge in [0.25, 0.3) is 0 Å². The summed E-state index contributed by atoms with van der Waals surface area (Å²) < 4.78 is 11.6. The second-order valence-electron chi connectivity index (χ2n) is 8.15. The monoisotopic (exact) mass is 339 g/mol. The summed E-state index contributed by atoms with van der Waals surface area (Å²) >= 11 is 0. The maximum Gasteiger partial charge on any atom is 0.0603 e. The zero-order valence-corrected chi connectivity index (χ0v) is 16.5. The first-order chi connectivity index (χ1) is 11.7. The third-order valence-corrected chi connectivity index (χ3v) is 6.12. The summed E-state index contributed by atoms with van der Waals surface area (Å²) in [4.78, 5) is 2.66. The molecule has 142 valence electrons. The first kappa shape index (κ1) is 20.2. The highest BCUT2D eigenvalue weighted by molar-refractivity contribution is 4.75. The summed E-state index contributed by atoms with van der Waals surface area (Å²) in [6.45, 7) is 8.25. The van der Waals surface area contributed by atoms with Gasteiger partial charge in [-0.15, -0.1) is 0 Å². The van der Waals surface area contributed by atoms with Crippen molar-refractivity contribution in [1.29, 1.82) is 0 Å². The Morgan fingerprint density at radius 3 is 2.29 bits per heavy atom. The molecule has 2 rings (SSSR count). The molecule has 2 fully saturated rings. The predicted molar refractivity (Wildman–Crippen MR) is 102 cm³/mol. The van der Waals surface area contributed by atoms with E-state index >= 15 is 0 Å². The van der Waals surface area contributed by atoms with Crippen molar-refractivity contribution in [3.8, 4) is 0 Å². The average molecular weight is 340 g/mol. The Balaban J connectivity index is 1.48. The molecule has 3 nitrogen and oxygen atoms in total. The van der Waals surface area contributed by atoms with E-state index < -0.39 is 0 Å². The Bertz CT molecular complexity index is 307. The Morgan fingerprint density at radius 1 is 0.958 bits per heavy atom. The summed E-state index contributed by atoms with van der Waals surface area (Å²) in [6, 6.07) is 0. The lowest BCUT2D eigenvalue weighted by Gasteiger charge is -2.33. The molecule has 1 aliphatic heterocycles. The van der Waals surface area contributed by atoms with Crippen LogP contribution >= 0.6 is 0 Å². The van der Waals surface area contributed by atoms with E-state index in [1.165, 1.54) is 90.3 Å². The average Bonchev–Trinajstić information content (AvgIpc) is 2.61. The maximum atomic E-state index is 6.17. The molecule has 0 N–H and O–H groups in total. The van der Waals surface area contributed by atoms with Crippen molar-refractivity contribution in [1.82, 2.24) is 4.90 Å². The van der Waals surface area contributed by atoms with Gasteiger partial charge in [0.1, 0.15) is 0 Å².